The van der Waals surface area contributed by atoms with Crippen molar-refractivity contribution in [1.82, 2.24) is 16.0 Å². The maximum atomic E-state index is 12.4. The van der Waals surface area contributed by atoms with Gasteiger partial charge in [-0.25, -0.2) is 0 Å². The minimum atomic E-state index is -1.47. The number of rotatable bonds is 11. The number of hydrogen-bond donors (Lipinski definition) is 7. The highest BCUT2D eigenvalue weighted by Gasteiger charge is 2.33. The van der Waals surface area contributed by atoms with E-state index in [1.54, 1.807) is 6.92 Å². The second-order valence-electron chi connectivity index (χ2n) is 6.48. The van der Waals surface area contributed by atoms with Crippen molar-refractivity contribution in [2.24, 2.45) is 11.7 Å². The molecule has 0 saturated carbocycles. The zero-order valence-electron chi connectivity index (χ0n) is 15.9. The number of carboxylic acid groups (broad SMARTS) is 1. The Morgan fingerprint density at radius 2 is 1.33 bits per heavy atom. The molecule has 0 fully saturated rings. The fraction of sp³-hybridized carbons (Fsp3) is 0.750. The maximum absolute atomic E-state index is 12.4. The summed E-state index contributed by atoms with van der Waals surface area (Å²) in [6, 6.07) is -3.78. The Hall–Kier alpha value is -2.24. The molecule has 0 radical (unpaired) electrons. The molecule has 27 heavy (non-hydrogen) atoms. The van der Waals surface area contributed by atoms with Gasteiger partial charge >= 0.3 is 5.97 Å². The van der Waals surface area contributed by atoms with E-state index in [-0.39, 0.29) is 5.92 Å². The number of amides is 3. The molecule has 0 bridgehead atoms. The van der Waals surface area contributed by atoms with Gasteiger partial charge in [-0.15, -0.1) is 0 Å². The van der Waals surface area contributed by atoms with Crippen LogP contribution in [0.15, 0.2) is 0 Å². The number of carboxylic acids is 1. The van der Waals surface area contributed by atoms with E-state index in [1.807, 2.05) is 12.2 Å². The topological polar surface area (TPSA) is 191 Å². The molecule has 0 heterocycles. The van der Waals surface area contributed by atoms with Crippen molar-refractivity contribution in [2.75, 3.05) is 6.54 Å². The van der Waals surface area contributed by atoms with Crippen LogP contribution in [0.3, 0.4) is 0 Å². The number of nitrogens with two attached hydrogens (primary N) is 1. The standard InChI is InChI=1S/C16H30N4O7/c1-5-7(2)11(17)14(25)19-13(9(4)22)16(27)20-12(8(3)21)15(26)18-6-10(23)24/h7-9,11-13,21-22H,5-6,17H2,1-4H3,(H,18,26)(H,19,25)(H,20,27)(H,23,24). The van der Waals surface area contributed by atoms with Gasteiger partial charge in [0, 0.05) is 0 Å². The largest absolute Gasteiger partial charge is 0.480 e. The van der Waals surface area contributed by atoms with Crippen LogP contribution in [0.1, 0.15) is 34.1 Å². The molecular formula is C16H30N4O7. The lowest BCUT2D eigenvalue weighted by Gasteiger charge is -2.27. The third-order valence-corrected chi connectivity index (χ3v) is 4.10. The van der Waals surface area contributed by atoms with E-state index >= 15 is 0 Å². The van der Waals surface area contributed by atoms with Crippen LogP contribution >= 0.6 is 0 Å². The number of aliphatic hydroxyl groups excluding tert-OH is 2. The summed E-state index contributed by atoms with van der Waals surface area (Å²) in [6.45, 7) is 5.40. The molecule has 3 amide bonds. The molecule has 0 spiro atoms. The van der Waals surface area contributed by atoms with E-state index in [4.69, 9.17) is 10.8 Å². The number of carbonyl (C=O) groups is 4. The van der Waals surface area contributed by atoms with E-state index in [1.165, 1.54) is 13.8 Å². The Labute approximate surface area is 157 Å². The highest BCUT2D eigenvalue weighted by molar-refractivity contribution is 5.94. The zero-order valence-corrected chi connectivity index (χ0v) is 15.9. The van der Waals surface area contributed by atoms with E-state index < -0.39 is 60.6 Å². The molecular weight excluding hydrogens is 360 g/mol. The van der Waals surface area contributed by atoms with Crippen molar-refractivity contribution in [1.29, 1.82) is 0 Å². The summed E-state index contributed by atoms with van der Waals surface area (Å²) >= 11 is 0. The Morgan fingerprint density at radius 3 is 1.74 bits per heavy atom. The molecule has 0 aromatic rings. The van der Waals surface area contributed by atoms with Crippen molar-refractivity contribution in [3.05, 3.63) is 0 Å². The third-order valence-electron chi connectivity index (χ3n) is 4.10. The quantitative estimate of drug-likeness (QED) is 0.198. The highest BCUT2D eigenvalue weighted by Crippen LogP contribution is 2.06. The number of hydrogen-bond acceptors (Lipinski definition) is 7. The molecule has 11 nitrogen and oxygen atoms in total. The van der Waals surface area contributed by atoms with Crippen molar-refractivity contribution in [2.45, 2.75) is 64.4 Å². The average Bonchev–Trinajstić information content (AvgIpc) is 2.59. The molecule has 0 saturated heterocycles. The van der Waals surface area contributed by atoms with Crippen LogP contribution in [-0.2, 0) is 19.2 Å². The summed E-state index contributed by atoms with van der Waals surface area (Å²) in [6.07, 6.45) is -2.03. The second-order valence-corrected chi connectivity index (χ2v) is 6.48. The third kappa shape index (κ3) is 8.33. The average molecular weight is 390 g/mol. The van der Waals surface area contributed by atoms with Crippen molar-refractivity contribution in [3.63, 3.8) is 0 Å². The van der Waals surface area contributed by atoms with Crippen LogP contribution in [0.4, 0.5) is 0 Å². The van der Waals surface area contributed by atoms with E-state index in [0.29, 0.717) is 6.42 Å². The second kappa shape index (κ2) is 11.5. The molecule has 0 aromatic heterocycles. The zero-order chi connectivity index (χ0) is 21.3. The summed E-state index contributed by atoms with van der Waals surface area (Å²) in [5.41, 5.74) is 5.80. The number of aliphatic hydroxyl groups is 2. The van der Waals surface area contributed by atoms with Crippen molar-refractivity contribution >= 4 is 23.7 Å². The predicted octanol–water partition coefficient (Wildman–Crippen LogP) is -2.71. The molecule has 0 aliphatic rings. The van der Waals surface area contributed by atoms with Gasteiger partial charge in [0.2, 0.25) is 17.7 Å². The van der Waals surface area contributed by atoms with E-state index in [2.05, 4.69) is 10.6 Å². The van der Waals surface area contributed by atoms with Gasteiger partial charge in [-0.05, 0) is 19.8 Å². The van der Waals surface area contributed by atoms with Crippen molar-refractivity contribution < 1.29 is 34.5 Å². The maximum Gasteiger partial charge on any atom is 0.322 e. The predicted molar refractivity (Wildman–Crippen MR) is 95.3 cm³/mol. The first-order valence-electron chi connectivity index (χ1n) is 8.64. The summed E-state index contributed by atoms with van der Waals surface area (Å²) in [5.74, 6) is -3.95. The van der Waals surface area contributed by atoms with Gasteiger partial charge in [0.1, 0.15) is 18.6 Å². The molecule has 6 unspecified atom stereocenters. The van der Waals surface area contributed by atoms with Gasteiger partial charge in [0.25, 0.3) is 0 Å². The van der Waals surface area contributed by atoms with E-state index in [9.17, 15) is 29.4 Å². The highest BCUT2D eigenvalue weighted by atomic mass is 16.4. The minimum Gasteiger partial charge on any atom is -0.480 e. The summed E-state index contributed by atoms with van der Waals surface area (Å²) in [7, 11) is 0. The fourth-order valence-corrected chi connectivity index (χ4v) is 2.09. The SMILES string of the molecule is CCC(C)C(N)C(=O)NC(C(=O)NC(C(=O)NCC(=O)O)C(C)O)C(C)O. The lowest BCUT2D eigenvalue weighted by molar-refractivity contribution is -0.139. The minimum absolute atomic E-state index is 0.158. The first-order chi connectivity index (χ1) is 12.4. The van der Waals surface area contributed by atoms with Crippen LogP contribution in [-0.4, -0.2) is 75.9 Å². The Morgan fingerprint density at radius 1 is 0.889 bits per heavy atom. The van der Waals surface area contributed by atoms with Crippen LogP contribution < -0.4 is 21.7 Å². The fourth-order valence-electron chi connectivity index (χ4n) is 2.09. The van der Waals surface area contributed by atoms with Crippen LogP contribution in [0.2, 0.25) is 0 Å². The van der Waals surface area contributed by atoms with Gasteiger partial charge in [0.05, 0.1) is 18.2 Å². The monoisotopic (exact) mass is 390 g/mol. The smallest absolute Gasteiger partial charge is 0.322 e. The van der Waals surface area contributed by atoms with Gasteiger partial charge in [-0.3, -0.25) is 19.2 Å². The Bertz CT molecular complexity index is 539. The normalized spacial score (nSPS) is 17.6. The number of aliphatic carboxylic acids is 1. The van der Waals surface area contributed by atoms with Crippen LogP contribution in [0.5, 0.6) is 0 Å². The van der Waals surface area contributed by atoms with Crippen molar-refractivity contribution in [3.8, 4) is 0 Å². The van der Waals surface area contributed by atoms with Gasteiger partial charge < -0.3 is 37.0 Å². The molecule has 156 valence electrons. The Kier molecular flexibility index (Phi) is 10.5. The number of carbonyl (C=O) groups excluding carboxylic acids is 3. The lowest BCUT2D eigenvalue weighted by Crippen LogP contribution is -2.61. The van der Waals surface area contributed by atoms with Gasteiger partial charge in [0.15, 0.2) is 0 Å². The first-order valence-corrected chi connectivity index (χ1v) is 8.64. The van der Waals surface area contributed by atoms with Crippen LogP contribution in [0, 0.1) is 5.92 Å². The van der Waals surface area contributed by atoms with Gasteiger partial charge in [-0.1, -0.05) is 20.3 Å². The molecule has 11 heteroatoms. The summed E-state index contributed by atoms with van der Waals surface area (Å²) in [4.78, 5) is 47.1. The lowest BCUT2D eigenvalue weighted by atomic mass is 9.98. The molecule has 8 N–H and O–H groups in total. The molecule has 6 atom stereocenters. The summed E-state index contributed by atoms with van der Waals surface area (Å²) < 4.78 is 0. The van der Waals surface area contributed by atoms with Gasteiger partial charge in [-0.2, -0.15) is 0 Å². The Balaban J connectivity index is 5.14. The van der Waals surface area contributed by atoms with Crippen LogP contribution in [0.25, 0.3) is 0 Å². The molecule has 0 aromatic carbocycles. The van der Waals surface area contributed by atoms with E-state index in [0.717, 1.165) is 0 Å². The molecule has 0 aliphatic carbocycles. The summed E-state index contributed by atoms with van der Waals surface area (Å²) in [5, 5.41) is 34.7. The number of nitrogens with one attached hydrogen (secondary N) is 3. The first kappa shape index (κ1) is 24.8. The molecule has 0 aliphatic heterocycles. The molecule has 0 rings (SSSR count).